The van der Waals surface area contributed by atoms with E-state index in [2.05, 4.69) is 18.7 Å². The Morgan fingerprint density at radius 1 is 1.12 bits per heavy atom. The third-order valence-corrected chi connectivity index (χ3v) is 4.98. The Morgan fingerprint density at radius 2 is 1.76 bits per heavy atom. The van der Waals surface area contributed by atoms with Gasteiger partial charge in [0, 0.05) is 0 Å². The molecule has 0 radical (unpaired) electrons. The van der Waals surface area contributed by atoms with Crippen molar-refractivity contribution in [2.24, 2.45) is 5.41 Å². The van der Waals surface area contributed by atoms with Gasteiger partial charge in [0.05, 0.1) is 31.3 Å². The normalized spacial score (nSPS) is 24.0. The SMILES string of the molecule is C=C[C@@]1(c2ccc(OC)cc2)CO[C@H](c2ccccc2)C1(C#N)C#N. The molecule has 0 amide bonds. The van der Waals surface area contributed by atoms with Crippen molar-refractivity contribution in [1.29, 1.82) is 10.5 Å². The summed E-state index contributed by atoms with van der Waals surface area (Å²) in [6.45, 7) is 4.15. The zero-order valence-corrected chi connectivity index (χ0v) is 14.0. The Balaban J connectivity index is 2.18. The molecule has 0 aromatic heterocycles. The predicted molar refractivity (Wildman–Crippen MR) is 93.7 cm³/mol. The Kier molecular flexibility index (Phi) is 4.31. The molecular weight excluding hydrogens is 312 g/mol. The van der Waals surface area contributed by atoms with Gasteiger partial charge in [-0.3, -0.25) is 0 Å². The minimum Gasteiger partial charge on any atom is -0.497 e. The molecule has 1 heterocycles. The lowest BCUT2D eigenvalue weighted by molar-refractivity contribution is 0.0862. The molecule has 0 aliphatic carbocycles. The van der Waals surface area contributed by atoms with Crippen LogP contribution in [-0.2, 0) is 10.2 Å². The monoisotopic (exact) mass is 330 g/mol. The van der Waals surface area contributed by atoms with Crippen molar-refractivity contribution in [3.8, 4) is 17.9 Å². The van der Waals surface area contributed by atoms with E-state index in [1.54, 1.807) is 13.2 Å². The third-order valence-electron chi connectivity index (χ3n) is 4.98. The lowest BCUT2D eigenvalue weighted by atomic mass is 9.60. The summed E-state index contributed by atoms with van der Waals surface area (Å²) < 4.78 is 11.2. The number of hydrogen-bond donors (Lipinski definition) is 0. The van der Waals surface area contributed by atoms with Crippen LogP contribution in [0.3, 0.4) is 0 Å². The minimum absolute atomic E-state index is 0.212. The van der Waals surface area contributed by atoms with Crippen molar-refractivity contribution in [3.63, 3.8) is 0 Å². The summed E-state index contributed by atoms with van der Waals surface area (Å²) >= 11 is 0. The van der Waals surface area contributed by atoms with E-state index >= 15 is 0 Å². The first kappa shape index (κ1) is 16.8. The van der Waals surface area contributed by atoms with Gasteiger partial charge >= 0.3 is 0 Å². The van der Waals surface area contributed by atoms with Crippen LogP contribution in [0.15, 0.2) is 67.3 Å². The summed E-state index contributed by atoms with van der Waals surface area (Å²) in [7, 11) is 1.59. The first-order chi connectivity index (χ1) is 12.2. The number of rotatable bonds is 4. The maximum Gasteiger partial charge on any atom is 0.188 e. The Bertz CT molecular complexity index is 832. The number of nitriles is 2. The smallest absolute Gasteiger partial charge is 0.188 e. The van der Waals surface area contributed by atoms with Gasteiger partial charge in [0.25, 0.3) is 0 Å². The van der Waals surface area contributed by atoms with E-state index in [0.717, 1.165) is 11.1 Å². The average Bonchev–Trinajstić information content (AvgIpc) is 3.04. The highest BCUT2D eigenvalue weighted by Gasteiger charge is 2.63. The van der Waals surface area contributed by atoms with E-state index in [1.807, 2.05) is 54.6 Å². The van der Waals surface area contributed by atoms with Crippen LogP contribution in [0, 0.1) is 28.1 Å². The topological polar surface area (TPSA) is 66.0 Å². The van der Waals surface area contributed by atoms with E-state index in [-0.39, 0.29) is 6.61 Å². The summed E-state index contributed by atoms with van der Waals surface area (Å²) in [5.41, 5.74) is -0.721. The molecule has 0 unspecified atom stereocenters. The summed E-state index contributed by atoms with van der Waals surface area (Å²) in [6.07, 6.45) is 1.02. The molecule has 0 N–H and O–H groups in total. The fourth-order valence-corrected chi connectivity index (χ4v) is 3.54. The molecule has 4 nitrogen and oxygen atoms in total. The fraction of sp³-hybridized carbons (Fsp3) is 0.238. The molecule has 1 saturated heterocycles. The molecule has 1 aliphatic heterocycles. The summed E-state index contributed by atoms with van der Waals surface area (Å²) in [5, 5.41) is 20.1. The second-order valence-corrected chi connectivity index (χ2v) is 6.04. The molecule has 2 atom stereocenters. The number of methoxy groups -OCH3 is 1. The molecule has 25 heavy (non-hydrogen) atoms. The van der Waals surface area contributed by atoms with Gasteiger partial charge in [-0.05, 0) is 23.3 Å². The lowest BCUT2D eigenvalue weighted by Gasteiger charge is -2.35. The van der Waals surface area contributed by atoms with E-state index in [1.165, 1.54) is 0 Å². The number of ether oxygens (including phenoxy) is 2. The zero-order valence-electron chi connectivity index (χ0n) is 14.0. The standard InChI is InChI=1S/C21H18N2O2/c1-3-20(17-9-11-18(24-2)12-10-17)15-25-19(21(20,13-22)14-23)16-7-5-4-6-8-16/h3-12,19H,1,15H2,2H3/t19-,20+/m1/s1. The molecule has 1 fully saturated rings. The minimum atomic E-state index is -1.41. The maximum atomic E-state index is 10.1. The Morgan fingerprint density at radius 3 is 2.28 bits per heavy atom. The van der Waals surface area contributed by atoms with Crippen molar-refractivity contribution >= 4 is 0 Å². The van der Waals surface area contributed by atoms with Crippen LogP contribution in [0.1, 0.15) is 17.2 Å². The molecule has 0 saturated carbocycles. The third kappa shape index (κ3) is 2.31. The first-order valence-electron chi connectivity index (χ1n) is 7.94. The van der Waals surface area contributed by atoms with Gasteiger partial charge in [-0.25, -0.2) is 0 Å². The van der Waals surface area contributed by atoms with Crippen LogP contribution in [-0.4, -0.2) is 13.7 Å². The molecule has 2 aromatic rings. The molecule has 1 aliphatic rings. The quantitative estimate of drug-likeness (QED) is 0.797. The van der Waals surface area contributed by atoms with Crippen molar-refractivity contribution in [3.05, 3.63) is 78.4 Å². The van der Waals surface area contributed by atoms with Crippen molar-refractivity contribution < 1.29 is 9.47 Å². The highest BCUT2D eigenvalue weighted by Crippen LogP contribution is 2.57. The van der Waals surface area contributed by atoms with Crippen molar-refractivity contribution in [2.45, 2.75) is 11.5 Å². The van der Waals surface area contributed by atoms with Gasteiger partial charge in [-0.15, -0.1) is 6.58 Å². The van der Waals surface area contributed by atoms with Gasteiger partial charge < -0.3 is 9.47 Å². The average molecular weight is 330 g/mol. The van der Waals surface area contributed by atoms with E-state index in [9.17, 15) is 10.5 Å². The van der Waals surface area contributed by atoms with E-state index in [0.29, 0.717) is 5.75 Å². The van der Waals surface area contributed by atoms with E-state index in [4.69, 9.17) is 9.47 Å². The molecule has 3 rings (SSSR count). The number of benzene rings is 2. The highest BCUT2D eigenvalue weighted by molar-refractivity contribution is 5.48. The summed E-state index contributed by atoms with van der Waals surface area (Å²) in [4.78, 5) is 0. The van der Waals surface area contributed by atoms with Crippen LogP contribution >= 0.6 is 0 Å². The Hall–Kier alpha value is -3.08. The predicted octanol–water partition coefficient (Wildman–Crippen LogP) is 3.92. The highest BCUT2D eigenvalue weighted by atomic mass is 16.5. The number of hydrogen-bond acceptors (Lipinski definition) is 4. The summed E-state index contributed by atoms with van der Waals surface area (Å²) in [5.74, 6) is 0.709. The van der Waals surface area contributed by atoms with Crippen LogP contribution in [0.5, 0.6) is 5.75 Å². The Labute approximate surface area is 147 Å². The molecule has 0 spiro atoms. The largest absolute Gasteiger partial charge is 0.497 e. The fourth-order valence-electron chi connectivity index (χ4n) is 3.54. The maximum absolute atomic E-state index is 10.1. The van der Waals surface area contributed by atoms with Gasteiger partial charge in [-0.1, -0.05) is 48.5 Å². The molecular formula is C21H18N2O2. The first-order valence-corrected chi connectivity index (χ1v) is 7.94. The van der Waals surface area contributed by atoms with Crippen LogP contribution in [0.2, 0.25) is 0 Å². The van der Waals surface area contributed by atoms with Gasteiger partial charge in [0.15, 0.2) is 5.41 Å². The van der Waals surface area contributed by atoms with E-state index < -0.39 is 16.9 Å². The second-order valence-electron chi connectivity index (χ2n) is 6.04. The van der Waals surface area contributed by atoms with Gasteiger partial charge in [0.1, 0.15) is 11.9 Å². The second kappa shape index (κ2) is 6.43. The van der Waals surface area contributed by atoms with Gasteiger partial charge in [0.2, 0.25) is 0 Å². The van der Waals surface area contributed by atoms with Crippen LogP contribution < -0.4 is 4.74 Å². The zero-order chi connectivity index (χ0) is 17.9. The molecule has 0 bridgehead atoms. The molecule has 4 heteroatoms. The molecule has 2 aromatic carbocycles. The molecule has 124 valence electrons. The summed E-state index contributed by atoms with van der Waals surface area (Å²) in [6, 6.07) is 21.3. The van der Waals surface area contributed by atoms with Crippen LogP contribution in [0.4, 0.5) is 0 Å². The van der Waals surface area contributed by atoms with Crippen molar-refractivity contribution in [2.75, 3.05) is 13.7 Å². The number of nitrogens with zero attached hydrogens (tertiary/aromatic N) is 2. The lowest BCUT2D eigenvalue weighted by Crippen LogP contribution is -2.42. The van der Waals surface area contributed by atoms with Crippen LogP contribution in [0.25, 0.3) is 0 Å². The van der Waals surface area contributed by atoms with Crippen molar-refractivity contribution in [1.82, 2.24) is 0 Å². The van der Waals surface area contributed by atoms with Gasteiger partial charge in [-0.2, -0.15) is 10.5 Å².